The summed E-state index contributed by atoms with van der Waals surface area (Å²) in [6.07, 6.45) is 7.39. The second kappa shape index (κ2) is 1.76. The Morgan fingerprint density at radius 3 is 2.50 bits per heavy atom. The van der Waals surface area contributed by atoms with Gasteiger partial charge in [0, 0.05) is 23.7 Å². The first-order valence-electron chi connectivity index (χ1n) is 4.23. The van der Waals surface area contributed by atoms with Gasteiger partial charge in [-0.05, 0) is 6.08 Å². The van der Waals surface area contributed by atoms with Gasteiger partial charge in [-0.3, -0.25) is 9.59 Å². The number of carbonyl (C=O) groups excluding carboxylic acids is 2. The summed E-state index contributed by atoms with van der Waals surface area (Å²) in [7, 11) is 0. The van der Waals surface area contributed by atoms with Crippen molar-refractivity contribution < 1.29 is 9.59 Å². The topological polar surface area (TPSA) is 34.1 Å². The van der Waals surface area contributed by atoms with E-state index in [1.54, 1.807) is 6.08 Å². The molecule has 3 aliphatic carbocycles. The Balaban J connectivity index is 2.13. The quantitative estimate of drug-likeness (QED) is 0.490. The minimum atomic E-state index is -0.0949. The van der Waals surface area contributed by atoms with E-state index in [4.69, 9.17) is 0 Å². The first-order valence-corrected chi connectivity index (χ1v) is 4.23. The van der Waals surface area contributed by atoms with Gasteiger partial charge in [0.2, 0.25) is 0 Å². The van der Waals surface area contributed by atoms with E-state index in [-0.39, 0.29) is 35.2 Å². The summed E-state index contributed by atoms with van der Waals surface area (Å²) in [5.74, 6) is 0.477. The summed E-state index contributed by atoms with van der Waals surface area (Å²) < 4.78 is 0. The molecule has 0 amide bonds. The van der Waals surface area contributed by atoms with Crippen LogP contribution in [0.5, 0.6) is 0 Å². The highest BCUT2D eigenvalue weighted by Crippen LogP contribution is 2.48. The molecule has 3 rings (SSSR count). The Hall–Kier alpha value is -1.18. The van der Waals surface area contributed by atoms with Crippen LogP contribution in [0.4, 0.5) is 0 Å². The van der Waals surface area contributed by atoms with Crippen molar-refractivity contribution in [3.63, 3.8) is 0 Å². The molecule has 3 aliphatic rings. The zero-order valence-corrected chi connectivity index (χ0v) is 6.44. The van der Waals surface area contributed by atoms with Gasteiger partial charge in [-0.15, -0.1) is 0 Å². The van der Waals surface area contributed by atoms with Crippen molar-refractivity contribution in [1.82, 2.24) is 0 Å². The summed E-state index contributed by atoms with van der Waals surface area (Å²) >= 11 is 0. The number of allylic oxidation sites excluding steroid dienone is 4. The largest absolute Gasteiger partial charge is 0.298 e. The Kier molecular flexibility index (Phi) is 0.932. The maximum absolute atomic E-state index is 11.5. The first-order chi connectivity index (χ1) is 5.79. The number of hydrogen-bond donors (Lipinski definition) is 0. The SMILES string of the molecule is O=C1C=C[C@H]2[C@H]1[C@@H]1C=C[C@@H]2C1=O. The van der Waals surface area contributed by atoms with Crippen LogP contribution in [0.25, 0.3) is 0 Å². The highest BCUT2D eigenvalue weighted by molar-refractivity contribution is 6.05. The van der Waals surface area contributed by atoms with Crippen LogP contribution in [0.15, 0.2) is 24.3 Å². The van der Waals surface area contributed by atoms with Crippen LogP contribution in [-0.4, -0.2) is 11.6 Å². The molecular formula is C10H8O2. The van der Waals surface area contributed by atoms with Gasteiger partial charge in [0.1, 0.15) is 5.78 Å². The van der Waals surface area contributed by atoms with E-state index >= 15 is 0 Å². The predicted molar refractivity (Wildman–Crippen MR) is 42.3 cm³/mol. The van der Waals surface area contributed by atoms with Gasteiger partial charge in [-0.1, -0.05) is 18.2 Å². The third-order valence-electron chi connectivity index (χ3n) is 3.21. The van der Waals surface area contributed by atoms with Crippen LogP contribution in [0, 0.1) is 23.7 Å². The van der Waals surface area contributed by atoms with E-state index in [0.29, 0.717) is 0 Å². The molecule has 0 saturated heterocycles. The van der Waals surface area contributed by atoms with Gasteiger partial charge < -0.3 is 0 Å². The van der Waals surface area contributed by atoms with Gasteiger partial charge in [0.25, 0.3) is 0 Å². The van der Waals surface area contributed by atoms with Gasteiger partial charge in [0.05, 0.1) is 0 Å². The van der Waals surface area contributed by atoms with Crippen LogP contribution >= 0.6 is 0 Å². The molecule has 0 aliphatic heterocycles. The van der Waals surface area contributed by atoms with Crippen molar-refractivity contribution in [2.45, 2.75) is 0 Å². The van der Waals surface area contributed by atoms with Crippen LogP contribution in [0.1, 0.15) is 0 Å². The van der Waals surface area contributed by atoms with Crippen molar-refractivity contribution in [2.75, 3.05) is 0 Å². The van der Waals surface area contributed by atoms with Crippen molar-refractivity contribution in [3.8, 4) is 0 Å². The third-order valence-corrected chi connectivity index (χ3v) is 3.21. The fourth-order valence-corrected chi connectivity index (χ4v) is 2.65. The molecule has 0 unspecified atom stereocenters. The summed E-state index contributed by atoms with van der Waals surface area (Å²) in [5, 5.41) is 0. The summed E-state index contributed by atoms with van der Waals surface area (Å²) in [5.41, 5.74) is 0. The number of hydrogen-bond acceptors (Lipinski definition) is 2. The monoisotopic (exact) mass is 160 g/mol. The molecule has 0 radical (unpaired) electrons. The van der Waals surface area contributed by atoms with E-state index < -0.39 is 0 Å². The molecule has 0 aromatic carbocycles. The lowest BCUT2D eigenvalue weighted by Gasteiger charge is -2.15. The zero-order valence-electron chi connectivity index (χ0n) is 6.44. The number of ketones is 2. The maximum atomic E-state index is 11.5. The summed E-state index contributed by atoms with van der Waals surface area (Å²) in [6, 6.07) is 0. The smallest absolute Gasteiger partial charge is 0.160 e. The number of fused-ring (bicyclic) bond motifs is 5. The number of Topliss-reactive ketones (excluding diaryl/α,β-unsaturated/α-hetero) is 1. The van der Waals surface area contributed by atoms with Crippen LogP contribution in [0.2, 0.25) is 0 Å². The van der Waals surface area contributed by atoms with Crippen molar-refractivity contribution >= 4 is 11.6 Å². The van der Waals surface area contributed by atoms with E-state index in [9.17, 15) is 9.59 Å². The molecule has 60 valence electrons. The summed E-state index contributed by atoms with van der Waals surface area (Å²) in [6.45, 7) is 0. The van der Waals surface area contributed by atoms with Crippen molar-refractivity contribution in [3.05, 3.63) is 24.3 Å². The first kappa shape index (κ1) is 6.35. The lowest BCUT2D eigenvalue weighted by Crippen LogP contribution is -2.20. The highest BCUT2D eigenvalue weighted by Gasteiger charge is 2.54. The fourth-order valence-electron chi connectivity index (χ4n) is 2.65. The molecule has 0 heterocycles. The standard InChI is InChI=1S/C10H8O2/c11-8-4-3-5-6-1-2-7(9(5)8)10(6)12/h1-7,9H/t5-,6+,7+,9+/m1/s1. The average Bonchev–Trinajstić information content (AvgIpc) is 2.66. The Morgan fingerprint density at radius 1 is 1.00 bits per heavy atom. The number of carbonyl (C=O) groups is 2. The Labute approximate surface area is 70.0 Å². The van der Waals surface area contributed by atoms with Crippen molar-refractivity contribution in [1.29, 1.82) is 0 Å². The molecule has 1 saturated carbocycles. The molecule has 0 aromatic heterocycles. The molecule has 2 nitrogen and oxygen atoms in total. The molecule has 2 heteroatoms. The van der Waals surface area contributed by atoms with Crippen LogP contribution in [0.3, 0.4) is 0 Å². The molecule has 0 aromatic rings. The minimum Gasteiger partial charge on any atom is -0.298 e. The normalized spacial score (nSPS) is 47.7. The second-order valence-corrected chi connectivity index (χ2v) is 3.70. The molecular weight excluding hydrogens is 152 g/mol. The van der Waals surface area contributed by atoms with E-state index in [2.05, 4.69) is 0 Å². The molecule has 2 bridgehead atoms. The molecule has 0 N–H and O–H groups in total. The zero-order chi connectivity index (χ0) is 8.29. The molecule has 1 fully saturated rings. The van der Waals surface area contributed by atoms with E-state index in [0.717, 1.165) is 0 Å². The minimum absolute atomic E-state index is 0.0164. The van der Waals surface area contributed by atoms with Gasteiger partial charge in [-0.2, -0.15) is 0 Å². The Morgan fingerprint density at radius 2 is 1.75 bits per heavy atom. The van der Waals surface area contributed by atoms with E-state index in [1.807, 2.05) is 18.2 Å². The second-order valence-electron chi connectivity index (χ2n) is 3.70. The third kappa shape index (κ3) is 0.501. The van der Waals surface area contributed by atoms with E-state index in [1.165, 1.54) is 0 Å². The maximum Gasteiger partial charge on any atom is 0.160 e. The lowest BCUT2D eigenvalue weighted by molar-refractivity contribution is -0.124. The fraction of sp³-hybridized carbons (Fsp3) is 0.400. The Bertz CT molecular complexity index is 338. The number of rotatable bonds is 0. The van der Waals surface area contributed by atoms with Gasteiger partial charge in [-0.25, -0.2) is 0 Å². The predicted octanol–water partition coefficient (Wildman–Crippen LogP) is 0.743. The van der Waals surface area contributed by atoms with Gasteiger partial charge >= 0.3 is 0 Å². The summed E-state index contributed by atoms with van der Waals surface area (Å²) in [4.78, 5) is 22.8. The highest BCUT2D eigenvalue weighted by atomic mass is 16.1. The molecule has 4 atom stereocenters. The average molecular weight is 160 g/mol. The van der Waals surface area contributed by atoms with Gasteiger partial charge in [0.15, 0.2) is 5.78 Å². The van der Waals surface area contributed by atoms with Crippen molar-refractivity contribution in [2.24, 2.45) is 23.7 Å². The lowest BCUT2D eigenvalue weighted by atomic mass is 9.85. The van der Waals surface area contributed by atoms with Crippen LogP contribution in [-0.2, 0) is 9.59 Å². The molecule has 12 heavy (non-hydrogen) atoms. The van der Waals surface area contributed by atoms with Crippen LogP contribution < -0.4 is 0 Å². The molecule has 0 spiro atoms.